The fourth-order valence-corrected chi connectivity index (χ4v) is 3.98. The van der Waals surface area contributed by atoms with Gasteiger partial charge in [0.05, 0.1) is 16.9 Å². The molecular formula is C18H26N6O2S2. The molecule has 0 aliphatic rings. The molecule has 0 saturated carbocycles. The smallest absolute Gasteiger partial charge is 0.274 e. The Morgan fingerprint density at radius 3 is 2.64 bits per heavy atom. The van der Waals surface area contributed by atoms with Crippen molar-refractivity contribution in [2.45, 2.75) is 19.1 Å². The van der Waals surface area contributed by atoms with Crippen molar-refractivity contribution in [2.75, 3.05) is 30.3 Å². The van der Waals surface area contributed by atoms with Gasteiger partial charge in [0, 0.05) is 47.9 Å². The first-order chi connectivity index (χ1) is 13.6. The number of nitro groups is 1. The number of hydrogen-bond acceptors (Lipinski definition) is 8. The van der Waals surface area contributed by atoms with E-state index in [-0.39, 0.29) is 0 Å². The average molecular weight is 423 g/mol. The van der Waals surface area contributed by atoms with Gasteiger partial charge in [-0.1, -0.05) is 6.07 Å². The van der Waals surface area contributed by atoms with Gasteiger partial charge in [0.15, 0.2) is 5.82 Å². The number of imidazole rings is 1. The lowest BCUT2D eigenvalue weighted by molar-refractivity contribution is -0.404. The van der Waals surface area contributed by atoms with Gasteiger partial charge in [-0.2, -0.15) is 23.5 Å². The summed E-state index contributed by atoms with van der Waals surface area (Å²) < 4.78 is 0. The van der Waals surface area contributed by atoms with Crippen LogP contribution in [-0.2, 0) is 12.2 Å². The fourth-order valence-electron chi connectivity index (χ4n) is 2.30. The van der Waals surface area contributed by atoms with Crippen LogP contribution in [0.2, 0.25) is 0 Å². The van der Waals surface area contributed by atoms with Gasteiger partial charge in [-0.25, -0.2) is 4.98 Å². The minimum Gasteiger partial charge on any atom is -0.366 e. The first-order valence-electron chi connectivity index (χ1n) is 9.02. The van der Waals surface area contributed by atoms with Crippen LogP contribution in [0.3, 0.4) is 0 Å². The lowest BCUT2D eigenvalue weighted by Gasteiger charge is -2.11. The number of hydrogen-bond donors (Lipinski definition) is 3. The van der Waals surface area contributed by atoms with E-state index in [0.29, 0.717) is 18.9 Å². The minimum atomic E-state index is -0.441. The number of rotatable bonds is 14. The van der Waals surface area contributed by atoms with E-state index >= 15 is 0 Å². The summed E-state index contributed by atoms with van der Waals surface area (Å²) in [6, 6.07) is 5.92. The Balaban J connectivity index is 1.57. The van der Waals surface area contributed by atoms with E-state index in [1.165, 1.54) is 0 Å². The van der Waals surface area contributed by atoms with E-state index in [0.717, 1.165) is 52.7 Å². The maximum atomic E-state index is 10.8. The van der Waals surface area contributed by atoms with E-state index in [1.54, 1.807) is 36.0 Å². The maximum absolute atomic E-state index is 10.8. The predicted octanol–water partition coefficient (Wildman–Crippen LogP) is 2.58. The molecule has 2 rings (SSSR count). The summed E-state index contributed by atoms with van der Waals surface area (Å²) in [6.07, 6.45) is 5.41. The molecule has 0 atom stereocenters. The molecule has 0 aromatic carbocycles. The number of aryl methyl sites for hydroxylation is 2. The number of aromatic nitrogens is 3. The van der Waals surface area contributed by atoms with Crippen molar-refractivity contribution >= 4 is 23.5 Å². The van der Waals surface area contributed by atoms with E-state index < -0.39 is 4.92 Å². The summed E-state index contributed by atoms with van der Waals surface area (Å²) in [6.45, 7) is 3.31. The van der Waals surface area contributed by atoms with Crippen LogP contribution in [0.4, 0.5) is 0 Å². The second-order valence-corrected chi connectivity index (χ2v) is 8.22. The molecule has 2 heterocycles. The van der Waals surface area contributed by atoms with Crippen molar-refractivity contribution in [3.63, 3.8) is 0 Å². The molecule has 152 valence electrons. The van der Waals surface area contributed by atoms with Gasteiger partial charge in [0.2, 0.25) is 0 Å². The van der Waals surface area contributed by atoms with Crippen molar-refractivity contribution < 1.29 is 4.92 Å². The van der Waals surface area contributed by atoms with Crippen molar-refractivity contribution in [1.82, 2.24) is 25.6 Å². The highest BCUT2D eigenvalue weighted by Crippen LogP contribution is 2.11. The molecule has 0 fully saturated rings. The molecule has 0 amide bonds. The van der Waals surface area contributed by atoms with E-state index in [9.17, 15) is 10.1 Å². The summed E-state index contributed by atoms with van der Waals surface area (Å²) in [5.74, 6) is 3.96. The van der Waals surface area contributed by atoms with Gasteiger partial charge in [0.25, 0.3) is 6.20 Å². The summed E-state index contributed by atoms with van der Waals surface area (Å²) >= 11 is 3.54. The Bertz CT molecular complexity index is 739. The summed E-state index contributed by atoms with van der Waals surface area (Å²) in [4.78, 5) is 22.0. The molecule has 8 nitrogen and oxygen atoms in total. The maximum Gasteiger partial charge on any atom is 0.274 e. The topological polar surface area (TPSA) is 109 Å². The van der Waals surface area contributed by atoms with Crippen molar-refractivity contribution in [3.8, 4) is 0 Å². The van der Waals surface area contributed by atoms with Gasteiger partial charge in [0.1, 0.15) is 0 Å². The highest BCUT2D eigenvalue weighted by Gasteiger charge is 2.04. The largest absolute Gasteiger partial charge is 0.366 e. The first-order valence-corrected chi connectivity index (χ1v) is 11.3. The Labute approximate surface area is 173 Å². The number of thioether (sulfide) groups is 2. The molecule has 10 heteroatoms. The highest BCUT2D eigenvalue weighted by molar-refractivity contribution is 7.99. The third-order valence-corrected chi connectivity index (χ3v) is 5.72. The molecule has 0 saturated heterocycles. The lowest BCUT2D eigenvalue weighted by atomic mass is 10.3. The monoisotopic (exact) mass is 422 g/mol. The van der Waals surface area contributed by atoms with Crippen LogP contribution in [0, 0.1) is 17.0 Å². The lowest BCUT2D eigenvalue weighted by Crippen LogP contribution is -2.30. The molecule has 0 unspecified atom stereocenters. The second kappa shape index (κ2) is 13.1. The zero-order chi connectivity index (χ0) is 20.0. The summed E-state index contributed by atoms with van der Waals surface area (Å²) in [7, 11) is 0. The van der Waals surface area contributed by atoms with Crippen molar-refractivity contribution in [3.05, 3.63) is 69.9 Å². The molecule has 0 spiro atoms. The van der Waals surface area contributed by atoms with E-state index in [1.807, 2.05) is 25.1 Å². The Kier molecular flexibility index (Phi) is 10.3. The van der Waals surface area contributed by atoms with E-state index in [4.69, 9.17) is 0 Å². The summed E-state index contributed by atoms with van der Waals surface area (Å²) in [5, 5.41) is 17.0. The molecular weight excluding hydrogens is 396 g/mol. The van der Waals surface area contributed by atoms with E-state index in [2.05, 4.69) is 25.6 Å². The number of H-pyrrole nitrogens is 1. The Morgan fingerprint density at radius 1 is 1.21 bits per heavy atom. The molecule has 2 aromatic rings. The molecule has 0 aliphatic carbocycles. The summed E-state index contributed by atoms with van der Waals surface area (Å²) in [5.41, 5.74) is 3.21. The van der Waals surface area contributed by atoms with Crippen LogP contribution >= 0.6 is 23.5 Å². The second-order valence-electron chi connectivity index (χ2n) is 5.89. The van der Waals surface area contributed by atoms with Crippen molar-refractivity contribution in [2.24, 2.45) is 0 Å². The zero-order valence-corrected chi connectivity index (χ0v) is 17.5. The highest BCUT2D eigenvalue weighted by atomic mass is 32.2. The SMILES string of the molecule is Cc1[nH]cnc1CSCCN/C(=C\[N+](=O)[O-])NCCSCCc1ccccn1. The number of aromatic amines is 1. The fraction of sp³-hybridized carbons (Fsp3) is 0.444. The average Bonchev–Trinajstić information content (AvgIpc) is 3.09. The third kappa shape index (κ3) is 9.14. The van der Waals surface area contributed by atoms with Gasteiger partial charge in [-0.15, -0.1) is 0 Å². The molecule has 3 N–H and O–H groups in total. The molecule has 0 bridgehead atoms. The predicted molar refractivity (Wildman–Crippen MR) is 116 cm³/mol. The van der Waals surface area contributed by atoms with Crippen LogP contribution in [0.25, 0.3) is 0 Å². The first kappa shape index (κ1) is 22.1. The quantitative estimate of drug-likeness (QED) is 0.242. The molecule has 28 heavy (non-hydrogen) atoms. The zero-order valence-electron chi connectivity index (χ0n) is 15.9. The number of pyridine rings is 1. The standard InChI is InChI=1S/C18H26N6O2S2/c1-15-17(23-14-22-15)13-28-11-8-21-18(12-24(25)26)20-7-10-27-9-5-16-4-2-3-6-19-16/h2-4,6,12,14,20-21H,5,7-11,13H2,1H3,(H,22,23)/b18-12-. The van der Waals surface area contributed by atoms with Gasteiger partial charge in [-0.05, 0) is 31.2 Å². The van der Waals surface area contributed by atoms with Crippen LogP contribution < -0.4 is 10.6 Å². The Morgan fingerprint density at radius 2 is 2.00 bits per heavy atom. The van der Waals surface area contributed by atoms with Crippen LogP contribution in [-0.4, -0.2) is 50.2 Å². The van der Waals surface area contributed by atoms with Gasteiger partial charge in [-0.3, -0.25) is 15.1 Å². The van der Waals surface area contributed by atoms with Gasteiger partial charge < -0.3 is 15.6 Å². The number of nitrogens with zero attached hydrogens (tertiary/aromatic N) is 3. The number of nitrogens with one attached hydrogen (secondary N) is 3. The molecule has 0 aliphatic heterocycles. The van der Waals surface area contributed by atoms with Crippen LogP contribution in [0.5, 0.6) is 0 Å². The van der Waals surface area contributed by atoms with Crippen LogP contribution in [0.1, 0.15) is 17.1 Å². The third-order valence-electron chi connectivity index (χ3n) is 3.76. The van der Waals surface area contributed by atoms with Crippen LogP contribution in [0.15, 0.2) is 42.7 Å². The molecule has 2 aromatic heterocycles. The van der Waals surface area contributed by atoms with Crippen molar-refractivity contribution in [1.29, 1.82) is 0 Å². The normalized spacial score (nSPS) is 11.4. The van der Waals surface area contributed by atoms with Gasteiger partial charge >= 0.3 is 0 Å². The Hall–Kier alpha value is -2.20. The molecule has 0 radical (unpaired) electrons. The minimum absolute atomic E-state index is 0.441.